The van der Waals surface area contributed by atoms with E-state index < -0.39 is 9.84 Å². The molecule has 5 heterocycles. The maximum absolute atomic E-state index is 11.9. The second kappa shape index (κ2) is 10.6. The summed E-state index contributed by atoms with van der Waals surface area (Å²) in [6, 6.07) is 0.416. The van der Waals surface area contributed by atoms with Crippen LogP contribution in [-0.4, -0.2) is 64.0 Å². The highest BCUT2D eigenvalue weighted by atomic mass is 32.2. The molecular formula is C30H43N5O2S2. The van der Waals surface area contributed by atoms with E-state index in [9.17, 15) is 8.42 Å². The maximum atomic E-state index is 11.9. The molecule has 39 heavy (non-hydrogen) atoms. The van der Waals surface area contributed by atoms with Crippen LogP contribution in [0.1, 0.15) is 85.9 Å². The van der Waals surface area contributed by atoms with Crippen molar-refractivity contribution in [1.82, 2.24) is 24.5 Å². The molecule has 4 aromatic rings. The van der Waals surface area contributed by atoms with Crippen molar-refractivity contribution in [3.63, 3.8) is 0 Å². The van der Waals surface area contributed by atoms with Gasteiger partial charge in [-0.05, 0) is 73.6 Å². The highest BCUT2D eigenvalue weighted by Crippen LogP contribution is 2.49. The minimum absolute atomic E-state index is 0.242. The molecule has 1 fully saturated rings. The number of hydrogen-bond acceptors (Lipinski definition) is 6. The van der Waals surface area contributed by atoms with E-state index in [1.54, 1.807) is 6.33 Å². The van der Waals surface area contributed by atoms with E-state index in [1.807, 2.05) is 15.9 Å². The van der Waals surface area contributed by atoms with Gasteiger partial charge < -0.3 is 4.98 Å². The van der Waals surface area contributed by atoms with Gasteiger partial charge >= 0.3 is 0 Å². The number of thiophene rings is 1. The van der Waals surface area contributed by atoms with Gasteiger partial charge in [-0.1, -0.05) is 34.1 Å². The number of nitrogens with one attached hydrogen (secondary N) is 1. The lowest BCUT2D eigenvalue weighted by atomic mass is 9.77. The molecule has 0 aromatic carbocycles. The van der Waals surface area contributed by atoms with Crippen LogP contribution in [0.15, 0.2) is 12.5 Å². The number of H-pyrrole nitrogens is 1. The molecule has 7 nitrogen and oxygen atoms in total. The first-order chi connectivity index (χ1) is 18.4. The highest BCUT2D eigenvalue weighted by Gasteiger charge is 2.37. The lowest BCUT2D eigenvalue weighted by Crippen LogP contribution is -2.47. The van der Waals surface area contributed by atoms with E-state index in [2.05, 4.69) is 74.6 Å². The molecule has 9 heteroatoms. The molecule has 1 saturated heterocycles. The predicted octanol–water partition coefficient (Wildman–Crippen LogP) is 6.63. The number of sulfone groups is 1. The number of piperidine rings is 1. The Morgan fingerprint density at radius 2 is 1.87 bits per heavy atom. The summed E-state index contributed by atoms with van der Waals surface area (Å²) in [5.41, 5.74) is 8.51. The summed E-state index contributed by atoms with van der Waals surface area (Å²) < 4.78 is 25.7. The largest absolute Gasteiger partial charge is 0.346 e. The van der Waals surface area contributed by atoms with Crippen molar-refractivity contribution < 1.29 is 8.42 Å². The lowest BCUT2D eigenvalue weighted by Gasteiger charge is -2.44. The Morgan fingerprint density at radius 3 is 2.51 bits per heavy atom. The molecule has 3 atom stereocenters. The van der Waals surface area contributed by atoms with Gasteiger partial charge in [0.25, 0.3) is 0 Å². The third-order valence-corrected chi connectivity index (χ3v) is 11.4. The number of hydrogen-bond donors (Lipinski definition) is 1. The van der Waals surface area contributed by atoms with E-state index in [-0.39, 0.29) is 5.75 Å². The van der Waals surface area contributed by atoms with E-state index in [1.165, 1.54) is 49.3 Å². The summed E-state index contributed by atoms with van der Waals surface area (Å²) in [6.07, 6.45) is 8.33. The van der Waals surface area contributed by atoms with Gasteiger partial charge in [0.1, 0.15) is 21.0 Å². The standard InChI is InChI=1S/C30H43N5O2S2/c1-9-21-14-34(11-12-39(8,36)37)22(10-2)13-23(21)28-20(7)26-25(17(3)4)27(33-30(26)38-28)24-15-35-29(31-16-32-35)19(6)18(24)5/h15-17,21-23,33H,9-14H2,1-8H3/t21-,22-,23+/m0/s1. The van der Waals surface area contributed by atoms with Gasteiger partial charge in [0.15, 0.2) is 5.65 Å². The molecule has 212 valence electrons. The van der Waals surface area contributed by atoms with Crippen molar-refractivity contribution in [1.29, 1.82) is 0 Å². The van der Waals surface area contributed by atoms with Crippen molar-refractivity contribution in [2.24, 2.45) is 5.92 Å². The number of aromatic nitrogens is 4. The van der Waals surface area contributed by atoms with Crippen molar-refractivity contribution in [2.75, 3.05) is 25.1 Å². The van der Waals surface area contributed by atoms with Crippen LogP contribution in [0.3, 0.4) is 0 Å². The Bertz CT molecular complexity index is 1610. The normalized spacial score (nSPS) is 21.1. The summed E-state index contributed by atoms with van der Waals surface area (Å²) >= 11 is 1.94. The summed E-state index contributed by atoms with van der Waals surface area (Å²) in [7, 11) is -2.97. The van der Waals surface area contributed by atoms with Crippen LogP contribution in [0.4, 0.5) is 0 Å². The zero-order chi connectivity index (χ0) is 28.2. The third-order valence-electron chi connectivity index (χ3n) is 9.10. The second-order valence-electron chi connectivity index (χ2n) is 11.9. The number of likely N-dealkylation sites (tertiary alicyclic amines) is 1. The minimum atomic E-state index is -2.97. The van der Waals surface area contributed by atoms with Gasteiger partial charge in [0.05, 0.1) is 11.4 Å². The Morgan fingerprint density at radius 1 is 1.13 bits per heavy atom. The molecule has 0 bridgehead atoms. The number of pyridine rings is 1. The van der Waals surface area contributed by atoms with Crippen LogP contribution in [0, 0.1) is 26.7 Å². The maximum Gasteiger partial charge on any atom is 0.158 e. The Balaban J connectivity index is 1.57. The number of nitrogens with zero attached hydrogens (tertiary/aromatic N) is 4. The molecule has 1 N–H and O–H groups in total. The quantitative estimate of drug-likeness (QED) is 0.258. The molecule has 1 aliphatic heterocycles. The molecule has 4 aromatic heterocycles. The Hall–Kier alpha value is -2.23. The molecule has 5 rings (SSSR count). The van der Waals surface area contributed by atoms with Gasteiger partial charge in [-0.15, -0.1) is 11.3 Å². The number of aromatic amines is 1. The van der Waals surface area contributed by atoms with Gasteiger partial charge in [-0.2, -0.15) is 5.10 Å². The highest BCUT2D eigenvalue weighted by molar-refractivity contribution is 7.90. The molecular weight excluding hydrogens is 526 g/mol. The van der Waals surface area contributed by atoms with Crippen LogP contribution in [-0.2, 0) is 9.84 Å². The summed E-state index contributed by atoms with van der Waals surface area (Å²) in [6.45, 7) is 17.4. The third kappa shape index (κ3) is 5.06. The van der Waals surface area contributed by atoms with E-state index in [0.29, 0.717) is 30.3 Å². The first kappa shape index (κ1) is 28.3. The van der Waals surface area contributed by atoms with Crippen molar-refractivity contribution >= 4 is 37.0 Å². The van der Waals surface area contributed by atoms with Crippen LogP contribution in [0.5, 0.6) is 0 Å². The zero-order valence-electron chi connectivity index (χ0n) is 24.6. The SMILES string of the molecule is CC[C@H]1CN(CCS(C)(=O)=O)[C@@H](CC)C[C@H]1c1sc2[nH]c(-c3cn4ncnc4c(C)c3C)c(C(C)C)c2c1C. The lowest BCUT2D eigenvalue weighted by molar-refractivity contribution is 0.0921. The van der Waals surface area contributed by atoms with E-state index in [0.717, 1.165) is 37.0 Å². The van der Waals surface area contributed by atoms with E-state index >= 15 is 0 Å². The number of rotatable bonds is 8. The van der Waals surface area contributed by atoms with Crippen LogP contribution < -0.4 is 0 Å². The molecule has 0 aliphatic carbocycles. The Labute approximate surface area is 236 Å². The topological polar surface area (TPSA) is 83.4 Å². The van der Waals surface area contributed by atoms with Crippen molar-refractivity contribution in [3.05, 3.63) is 39.7 Å². The van der Waals surface area contributed by atoms with Crippen molar-refractivity contribution in [2.45, 2.75) is 85.6 Å². The Kier molecular flexibility index (Phi) is 7.72. The first-order valence-electron chi connectivity index (χ1n) is 14.3. The smallest absolute Gasteiger partial charge is 0.158 e. The minimum Gasteiger partial charge on any atom is -0.346 e. The second-order valence-corrected chi connectivity index (χ2v) is 15.2. The summed E-state index contributed by atoms with van der Waals surface area (Å²) in [5.74, 6) is 1.63. The fraction of sp³-hybridized carbons (Fsp3) is 0.600. The molecule has 0 unspecified atom stereocenters. The monoisotopic (exact) mass is 569 g/mol. The predicted molar refractivity (Wildman–Crippen MR) is 163 cm³/mol. The molecule has 1 aliphatic rings. The van der Waals surface area contributed by atoms with Gasteiger partial charge in [-0.25, -0.2) is 17.9 Å². The summed E-state index contributed by atoms with van der Waals surface area (Å²) in [4.78, 5) is 13.5. The van der Waals surface area contributed by atoms with Crippen LogP contribution >= 0.6 is 11.3 Å². The molecule has 0 spiro atoms. The fourth-order valence-electron chi connectivity index (χ4n) is 6.78. The molecule has 0 radical (unpaired) electrons. The van der Waals surface area contributed by atoms with Crippen LogP contribution in [0.2, 0.25) is 0 Å². The van der Waals surface area contributed by atoms with Gasteiger partial charge in [-0.3, -0.25) is 4.90 Å². The number of aryl methyl sites for hydroxylation is 2. The first-order valence-corrected chi connectivity index (χ1v) is 17.2. The molecule has 0 amide bonds. The average molecular weight is 570 g/mol. The number of fused-ring (bicyclic) bond motifs is 2. The van der Waals surface area contributed by atoms with Gasteiger partial charge in [0.2, 0.25) is 0 Å². The van der Waals surface area contributed by atoms with Gasteiger partial charge in [0, 0.05) is 47.4 Å². The fourth-order valence-corrected chi connectivity index (χ4v) is 8.77. The summed E-state index contributed by atoms with van der Waals surface area (Å²) in [5, 5.41) is 5.83. The zero-order valence-corrected chi connectivity index (χ0v) is 26.3. The van der Waals surface area contributed by atoms with Crippen LogP contribution in [0.25, 0.3) is 27.1 Å². The molecule has 0 saturated carbocycles. The van der Waals surface area contributed by atoms with Crippen molar-refractivity contribution in [3.8, 4) is 11.3 Å². The van der Waals surface area contributed by atoms with E-state index in [4.69, 9.17) is 0 Å². The average Bonchev–Trinajstić information content (AvgIpc) is 3.58.